The Morgan fingerprint density at radius 1 is 1.58 bits per heavy atom. The number of aliphatic carboxylic acids is 1. The Kier molecular flexibility index (Phi) is 3.63. The quantitative estimate of drug-likeness (QED) is 0.501. The largest absolute Gasteiger partial charge is 0.480 e. The molecule has 5 nitrogen and oxygen atoms in total. The number of carbonyl (C=O) groups is 1. The van der Waals surface area contributed by atoms with Gasteiger partial charge in [-0.2, -0.15) is 0 Å². The van der Waals surface area contributed by atoms with Crippen LogP contribution in [0, 0.1) is 0 Å². The van der Waals surface area contributed by atoms with Crippen LogP contribution in [0.1, 0.15) is 20.3 Å². The molecule has 1 unspecified atom stereocenters. The van der Waals surface area contributed by atoms with E-state index >= 15 is 0 Å². The molecule has 0 saturated heterocycles. The molecule has 0 rings (SSSR count). The number of carboxylic acids is 1. The van der Waals surface area contributed by atoms with Crippen molar-refractivity contribution in [1.82, 2.24) is 4.90 Å². The fourth-order valence-electron chi connectivity index (χ4n) is 0.806. The number of rotatable bonds is 4. The van der Waals surface area contributed by atoms with Gasteiger partial charge in [0.1, 0.15) is 5.54 Å². The summed E-state index contributed by atoms with van der Waals surface area (Å²) in [7, 11) is 1.35. The van der Waals surface area contributed by atoms with Crippen LogP contribution in [0.4, 0.5) is 0 Å². The highest BCUT2D eigenvalue weighted by Gasteiger charge is 2.38. The number of nitrogens with zero attached hydrogens (tertiary/aromatic N) is 1. The van der Waals surface area contributed by atoms with Gasteiger partial charge in [-0.05, 0) is 20.4 Å². The molecule has 0 aliphatic heterocycles. The van der Waals surface area contributed by atoms with Crippen molar-refractivity contribution in [2.45, 2.75) is 32.2 Å². The Balaban J connectivity index is 4.63. The second-order valence-electron chi connectivity index (χ2n) is 2.89. The van der Waals surface area contributed by atoms with Crippen molar-refractivity contribution in [3.63, 3.8) is 0 Å². The van der Waals surface area contributed by atoms with Crippen LogP contribution in [0.5, 0.6) is 0 Å². The second kappa shape index (κ2) is 3.84. The molecule has 0 bridgehead atoms. The standard InChI is InChI=1S/C7H15NO4/c1-4-7(2,5(9)10)8(3)6(11)12/h6,11-12H,4H2,1-3H3,(H,9,10). The van der Waals surface area contributed by atoms with Crippen LogP contribution < -0.4 is 0 Å². The van der Waals surface area contributed by atoms with Gasteiger partial charge in [0, 0.05) is 0 Å². The van der Waals surface area contributed by atoms with Crippen molar-refractivity contribution in [1.29, 1.82) is 0 Å². The smallest absolute Gasteiger partial charge is 0.323 e. The van der Waals surface area contributed by atoms with Gasteiger partial charge in [0.25, 0.3) is 0 Å². The molecule has 0 spiro atoms. The molecule has 0 aliphatic rings. The number of aliphatic hydroxyl groups excluding tert-OH is 1. The molecule has 5 heteroatoms. The summed E-state index contributed by atoms with van der Waals surface area (Å²) in [5.74, 6) is -1.07. The summed E-state index contributed by atoms with van der Waals surface area (Å²) in [6, 6.07) is 0. The molecule has 0 amide bonds. The number of likely N-dealkylation sites (N-methyl/N-ethyl adjacent to an activating group) is 1. The third-order valence-electron chi connectivity index (χ3n) is 2.27. The van der Waals surface area contributed by atoms with Gasteiger partial charge in [-0.1, -0.05) is 6.92 Å². The van der Waals surface area contributed by atoms with Gasteiger partial charge in [0.2, 0.25) is 6.41 Å². The first kappa shape index (κ1) is 11.4. The third kappa shape index (κ3) is 1.94. The summed E-state index contributed by atoms with van der Waals surface area (Å²) in [6.45, 7) is 3.11. The fraction of sp³-hybridized carbons (Fsp3) is 0.857. The monoisotopic (exact) mass is 177 g/mol. The predicted octanol–water partition coefficient (Wildman–Crippen LogP) is -0.560. The van der Waals surface area contributed by atoms with E-state index in [-0.39, 0.29) is 0 Å². The lowest BCUT2D eigenvalue weighted by molar-refractivity contribution is -0.195. The van der Waals surface area contributed by atoms with Gasteiger partial charge in [-0.15, -0.1) is 0 Å². The maximum absolute atomic E-state index is 10.7. The van der Waals surface area contributed by atoms with Gasteiger partial charge in [0.15, 0.2) is 0 Å². The van der Waals surface area contributed by atoms with E-state index in [0.29, 0.717) is 6.42 Å². The Hall–Kier alpha value is -0.650. The number of hydrogen-bond donors (Lipinski definition) is 3. The fourth-order valence-corrected chi connectivity index (χ4v) is 0.806. The van der Waals surface area contributed by atoms with E-state index in [4.69, 9.17) is 15.3 Å². The summed E-state index contributed by atoms with van der Waals surface area (Å²) in [6.07, 6.45) is -1.44. The van der Waals surface area contributed by atoms with Crippen LogP contribution in [-0.4, -0.2) is 45.2 Å². The molecule has 1 atom stereocenters. The van der Waals surface area contributed by atoms with Crippen molar-refractivity contribution < 1.29 is 20.1 Å². The first-order chi connectivity index (χ1) is 5.36. The summed E-state index contributed by atoms with van der Waals surface area (Å²) in [5.41, 5.74) is -1.23. The van der Waals surface area contributed by atoms with Crippen LogP contribution in [0.2, 0.25) is 0 Å². The molecular formula is C7H15NO4. The summed E-state index contributed by atoms with van der Waals surface area (Å²) in [5, 5.41) is 26.3. The minimum Gasteiger partial charge on any atom is -0.480 e. The highest BCUT2D eigenvalue weighted by molar-refractivity contribution is 5.78. The van der Waals surface area contributed by atoms with Crippen LogP contribution in [0.25, 0.3) is 0 Å². The van der Waals surface area contributed by atoms with Crippen molar-refractivity contribution in [2.75, 3.05) is 7.05 Å². The SMILES string of the molecule is CCC(C)(C(=O)O)N(C)C(O)O. The summed E-state index contributed by atoms with van der Waals surface area (Å²) in [4.78, 5) is 11.7. The molecule has 3 N–H and O–H groups in total. The number of aliphatic hydroxyl groups is 2. The predicted molar refractivity (Wildman–Crippen MR) is 42.3 cm³/mol. The molecule has 0 aromatic rings. The normalized spacial score (nSPS) is 16.6. The van der Waals surface area contributed by atoms with Crippen molar-refractivity contribution in [3.05, 3.63) is 0 Å². The zero-order valence-corrected chi connectivity index (χ0v) is 7.48. The van der Waals surface area contributed by atoms with E-state index in [1.165, 1.54) is 14.0 Å². The molecule has 0 fully saturated rings. The summed E-state index contributed by atoms with van der Waals surface area (Å²) >= 11 is 0. The minimum atomic E-state index is -1.74. The highest BCUT2D eigenvalue weighted by atomic mass is 16.5. The lowest BCUT2D eigenvalue weighted by Crippen LogP contribution is -2.54. The Morgan fingerprint density at radius 2 is 2.00 bits per heavy atom. The first-order valence-electron chi connectivity index (χ1n) is 3.68. The first-order valence-corrected chi connectivity index (χ1v) is 3.68. The Bertz CT molecular complexity index is 171. The summed E-state index contributed by atoms with van der Waals surface area (Å²) < 4.78 is 0. The number of hydrogen-bond acceptors (Lipinski definition) is 4. The van der Waals surface area contributed by atoms with E-state index < -0.39 is 17.9 Å². The molecule has 0 radical (unpaired) electrons. The minimum absolute atomic E-state index is 0.302. The van der Waals surface area contributed by atoms with Crippen LogP contribution in [0.15, 0.2) is 0 Å². The molecule has 0 heterocycles. The van der Waals surface area contributed by atoms with Gasteiger partial charge in [-0.3, -0.25) is 4.79 Å². The molecule has 12 heavy (non-hydrogen) atoms. The Morgan fingerprint density at radius 3 is 2.08 bits per heavy atom. The maximum Gasteiger partial charge on any atom is 0.323 e. The van der Waals surface area contributed by atoms with E-state index in [0.717, 1.165) is 4.90 Å². The zero-order chi connectivity index (χ0) is 9.94. The van der Waals surface area contributed by atoms with E-state index in [1.54, 1.807) is 6.92 Å². The van der Waals surface area contributed by atoms with Crippen LogP contribution >= 0.6 is 0 Å². The molecule has 0 aromatic carbocycles. The lowest BCUT2D eigenvalue weighted by atomic mass is 9.98. The van der Waals surface area contributed by atoms with E-state index in [9.17, 15) is 4.79 Å². The van der Waals surface area contributed by atoms with Crippen LogP contribution in [-0.2, 0) is 4.79 Å². The third-order valence-corrected chi connectivity index (χ3v) is 2.27. The van der Waals surface area contributed by atoms with Crippen molar-refractivity contribution >= 4 is 5.97 Å². The lowest BCUT2D eigenvalue weighted by Gasteiger charge is -2.34. The average molecular weight is 177 g/mol. The molecule has 0 aromatic heterocycles. The Labute approximate surface area is 71.2 Å². The molecule has 0 aliphatic carbocycles. The van der Waals surface area contributed by atoms with Gasteiger partial charge in [0.05, 0.1) is 0 Å². The topological polar surface area (TPSA) is 81.0 Å². The molecule has 72 valence electrons. The van der Waals surface area contributed by atoms with Crippen LogP contribution in [0.3, 0.4) is 0 Å². The zero-order valence-electron chi connectivity index (χ0n) is 7.48. The average Bonchev–Trinajstić information content (AvgIpc) is 2.01. The second-order valence-corrected chi connectivity index (χ2v) is 2.89. The van der Waals surface area contributed by atoms with Crippen molar-refractivity contribution in [3.8, 4) is 0 Å². The molecular weight excluding hydrogens is 162 g/mol. The van der Waals surface area contributed by atoms with Crippen molar-refractivity contribution in [2.24, 2.45) is 0 Å². The van der Waals surface area contributed by atoms with E-state index in [1.807, 2.05) is 0 Å². The number of carboxylic acid groups (broad SMARTS) is 1. The molecule has 0 saturated carbocycles. The van der Waals surface area contributed by atoms with Gasteiger partial charge >= 0.3 is 5.97 Å². The van der Waals surface area contributed by atoms with E-state index in [2.05, 4.69) is 0 Å². The van der Waals surface area contributed by atoms with Gasteiger partial charge in [-0.25, -0.2) is 4.90 Å². The highest BCUT2D eigenvalue weighted by Crippen LogP contribution is 2.18. The maximum atomic E-state index is 10.7. The van der Waals surface area contributed by atoms with Gasteiger partial charge < -0.3 is 15.3 Å².